The van der Waals surface area contributed by atoms with E-state index in [0.717, 1.165) is 11.0 Å². The fraction of sp³-hybridized carbons (Fsp3) is 0.0400. The van der Waals surface area contributed by atoms with Crippen LogP contribution in [0.3, 0.4) is 0 Å². The molecule has 9 heteroatoms. The molecule has 5 aromatic rings. The quantitative estimate of drug-likeness (QED) is 0.240. The molecular weight excluding hydrogens is 456 g/mol. The van der Waals surface area contributed by atoms with Crippen molar-refractivity contribution >= 4 is 39.9 Å². The summed E-state index contributed by atoms with van der Waals surface area (Å²) in [6.45, 7) is 0. The molecule has 0 aliphatic carbocycles. The number of halogens is 1. The molecule has 0 bridgehead atoms. The average Bonchev–Trinajstić information content (AvgIpc) is 3.51. The van der Waals surface area contributed by atoms with Crippen LogP contribution in [0.2, 0.25) is 5.02 Å². The topological polar surface area (TPSA) is 94.4 Å². The van der Waals surface area contributed by atoms with E-state index < -0.39 is 11.0 Å². The van der Waals surface area contributed by atoms with Gasteiger partial charge in [0.25, 0.3) is 11.6 Å². The standard InChI is InChI=1S/C25H15ClN4O4/c26-16-9-12-20-21(14-16)28-19-5-2-1-4-18(19)27-24(28)23(22-6-3-13-34-22)29(20)25(31)15-7-10-17(11-8-15)30(32)33/h1-14,23H. The van der Waals surface area contributed by atoms with Gasteiger partial charge in [0.1, 0.15) is 11.6 Å². The van der Waals surface area contributed by atoms with E-state index in [2.05, 4.69) is 0 Å². The van der Waals surface area contributed by atoms with E-state index in [0.29, 0.717) is 33.5 Å². The van der Waals surface area contributed by atoms with Gasteiger partial charge in [0.05, 0.1) is 33.6 Å². The van der Waals surface area contributed by atoms with Crippen molar-refractivity contribution in [3.8, 4) is 5.69 Å². The van der Waals surface area contributed by atoms with Crippen LogP contribution in [0.25, 0.3) is 16.7 Å². The Balaban J connectivity index is 1.61. The van der Waals surface area contributed by atoms with Crippen molar-refractivity contribution in [3.05, 3.63) is 117 Å². The minimum atomic E-state index is -0.668. The van der Waals surface area contributed by atoms with Gasteiger partial charge in [0.2, 0.25) is 0 Å². The number of nitro groups is 1. The molecule has 0 spiro atoms. The summed E-state index contributed by atoms with van der Waals surface area (Å²) in [7, 11) is 0. The first-order valence-electron chi connectivity index (χ1n) is 10.4. The molecule has 166 valence electrons. The largest absolute Gasteiger partial charge is 0.467 e. The number of furan rings is 1. The summed E-state index contributed by atoms with van der Waals surface area (Å²) < 4.78 is 7.76. The Labute approximate surface area is 197 Å². The monoisotopic (exact) mass is 470 g/mol. The summed E-state index contributed by atoms with van der Waals surface area (Å²) in [5, 5.41) is 11.6. The summed E-state index contributed by atoms with van der Waals surface area (Å²) in [5.41, 5.74) is 3.17. The summed E-state index contributed by atoms with van der Waals surface area (Å²) in [4.78, 5) is 31.0. The van der Waals surface area contributed by atoms with E-state index in [-0.39, 0.29) is 11.6 Å². The SMILES string of the molecule is O=C(c1ccc([N+](=O)[O-])cc1)N1c2ccc(Cl)cc2-n2c(nc3ccccc32)C1c1ccco1. The van der Waals surface area contributed by atoms with E-state index in [1.54, 1.807) is 41.5 Å². The zero-order valence-electron chi connectivity index (χ0n) is 17.5. The van der Waals surface area contributed by atoms with Gasteiger partial charge in [0, 0.05) is 22.7 Å². The fourth-order valence-electron chi connectivity index (χ4n) is 4.41. The highest BCUT2D eigenvalue weighted by Crippen LogP contribution is 2.45. The highest BCUT2D eigenvalue weighted by atomic mass is 35.5. The summed E-state index contributed by atoms with van der Waals surface area (Å²) >= 11 is 6.37. The summed E-state index contributed by atoms with van der Waals surface area (Å²) in [6, 6.07) is 21.4. The molecule has 34 heavy (non-hydrogen) atoms. The number of carbonyl (C=O) groups excluding carboxylic acids is 1. The predicted octanol–water partition coefficient (Wildman–Crippen LogP) is 5.93. The maximum absolute atomic E-state index is 13.9. The summed E-state index contributed by atoms with van der Waals surface area (Å²) in [5.74, 6) is 0.784. The molecular formula is C25H15ClN4O4. The first kappa shape index (κ1) is 20.2. The molecule has 1 unspecified atom stereocenters. The number of carbonyl (C=O) groups is 1. The molecule has 0 fully saturated rings. The van der Waals surface area contributed by atoms with Gasteiger partial charge in [-0.2, -0.15) is 0 Å². The molecule has 0 saturated carbocycles. The first-order valence-corrected chi connectivity index (χ1v) is 10.8. The molecule has 1 aliphatic rings. The third-order valence-corrected chi connectivity index (χ3v) is 6.12. The van der Waals surface area contributed by atoms with Gasteiger partial charge in [-0.05, 0) is 54.6 Å². The van der Waals surface area contributed by atoms with Crippen molar-refractivity contribution in [1.29, 1.82) is 0 Å². The molecule has 2 aromatic heterocycles. The zero-order valence-corrected chi connectivity index (χ0v) is 18.2. The van der Waals surface area contributed by atoms with Gasteiger partial charge in [0.15, 0.2) is 6.04 Å². The highest BCUT2D eigenvalue weighted by molar-refractivity contribution is 6.31. The molecule has 0 radical (unpaired) electrons. The van der Waals surface area contributed by atoms with Crippen molar-refractivity contribution in [3.63, 3.8) is 0 Å². The number of hydrogen-bond donors (Lipinski definition) is 0. The number of para-hydroxylation sites is 2. The van der Waals surface area contributed by atoms with Crippen molar-refractivity contribution in [2.75, 3.05) is 4.90 Å². The smallest absolute Gasteiger partial charge is 0.269 e. The first-order chi connectivity index (χ1) is 16.5. The van der Waals surface area contributed by atoms with Crippen molar-refractivity contribution in [2.24, 2.45) is 0 Å². The van der Waals surface area contributed by atoms with Crippen LogP contribution in [0, 0.1) is 10.1 Å². The van der Waals surface area contributed by atoms with Crippen LogP contribution in [0.4, 0.5) is 11.4 Å². The lowest BCUT2D eigenvalue weighted by atomic mass is 10.0. The molecule has 1 amide bonds. The number of nitrogens with zero attached hydrogens (tertiary/aromatic N) is 4. The zero-order chi connectivity index (χ0) is 23.4. The molecule has 1 aliphatic heterocycles. The fourth-order valence-corrected chi connectivity index (χ4v) is 4.57. The second-order valence-corrected chi connectivity index (χ2v) is 8.26. The van der Waals surface area contributed by atoms with Crippen LogP contribution in [-0.2, 0) is 0 Å². The lowest BCUT2D eigenvalue weighted by molar-refractivity contribution is -0.384. The minimum Gasteiger partial charge on any atom is -0.467 e. The van der Waals surface area contributed by atoms with Gasteiger partial charge < -0.3 is 4.42 Å². The Hall–Kier alpha value is -4.43. The number of nitro benzene ring substituents is 1. The third-order valence-electron chi connectivity index (χ3n) is 5.88. The van der Waals surface area contributed by atoms with Crippen molar-refractivity contribution < 1.29 is 14.1 Å². The Morgan fingerprint density at radius 2 is 1.79 bits per heavy atom. The number of aromatic nitrogens is 2. The second-order valence-electron chi connectivity index (χ2n) is 7.82. The molecule has 6 rings (SSSR count). The van der Waals surface area contributed by atoms with E-state index in [9.17, 15) is 14.9 Å². The number of hydrogen-bond acceptors (Lipinski definition) is 5. The number of benzene rings is 3. The average molecular weight is 471 g/mol. The van der Waals surface area contributed by atoms with E-state index in [4.69, 9.17) is 21.0 Å². The van der Waals surface area contributed by atoms with E-state index in [1.165, 1.54) is 24.3 Å². The molecule has 1 atom stereocenters. The van der Waals surface area contributed by atoms with Crippen LogP contribution >= 0.6 is 11.6 Å². The van der Waals surface area contributed by atoms with Crippen molar-refractivity contribution in [1.82, 2.24) is 9.55 Å². The number of non-ortho nitro benzene ring substituents is 1. The van der Waals surface area contributed by atoms with Crippen LogP contribution < -0.4 is 4.90 Å². The minimum absolute atomic E-state index is 0.0910. The van der Waals surface area contributed by atoms with Gasteiger partial charge in [-0.15, -0.1) is 0 Å². The maximum Gasteiger partial charge on any atom is 0.269 e. The normalized spacial score (nSPS) is 14.6. The Morgan fingerprint density at radius 1 is 1.00 bits per heavy atom. The lowest BCUT2D eigenvalue weighted by Crippen LogP contribution is -2.40. The van der Waals surface area contributed by atoms with Crippen molar-refractivity contribution in [2.45, 2.75) is 6.04 Å². The number of imidazole rings is 1. The second kappa shape index (κ2) is 7.57. The molecule has 3 aromatic carbocycles. The van der Waals surface area contributed by atoms with Crippen LogP contribution in [0.1, 0.15) is 28.0 Å². The number of amides is 1. The number of anilines is 1. The summed E-state index contributed by atoms with van der Waals surface area (Å²) in [6.07, 6.45) is 1.55. The Bertz CT molecular complexity index is 1570. The van der Waals surface area contributed by atoms with Gasteiger partial charge in [-0.1, -0.05) is 23.7 Å². The van der Waals surface area contributed by atoms with Gasteiger partial charge in [-0.3, -0.25) is 24.4 Å². The molecule has 3 heterocycles. The van der Waals surface area contributed by atoms with Crippen LogP contribution in [0.5, 0.6) is 0 Å². The van der Waals surface area contributed by atoms with Crippen LogP contribution in [-0.4, -0.2) is 20.4 Å². The number of fused-ring (bicyclic) bond motifs is 5. The predicted molar refractivity (Wildman–Crippen MR) is 127 cm³/mol. The van der Waals surface area contributed by atoms with E-state index >= 15 is 0 Å². The molecule has 8 nitrogen and oxygen atoms in total. The maximum atomic E-state index is 13.9. The molecule has 0 N–H and O–H groups in total. The highest BCUT2D eigenvalue weighted by Gasteiger charge is 2.40. The Morgan fingerprint density at radius 3 is 2.53 bits per heavy atom. The van der Waals surface area contributed by atoms with Gasteiger partial charge >= 0.3 is 0 Å². The van der Waals surface area contributed by atoms with Gasteiger partial charge in [-0.25, -0.2) is 4.98 Å². The lowest BCUT2D eigenvalue weighted by Gasteiger charge is -2.36. The Kier molecular flexibility index (Phi) is 4.50. The molecule has 0 saturated heterocycles. The van der Waals surface area contributed by atoms with E-state index in [1.807, 2.05) is 28.8 Å². The third kappa shape index (κ3) is 3.00. The van der Waals surface area contributed by atoms with Crippen LogP contribution in [0.15, 0.2) is 89.5 Å². The number of rotatable bonds is 3.